The predicted octanol–water partition coefficient (Wildman–Crippen LogP) is 2.64. The second-order valence-corrected chi connectivity index (χ2v) is 5.52. The van der Waals surface area contributed by atoms with Gasteiger partial charge in [0.05, 0.1) is 11.2 Å². The van der Waals surface area contributed by atoms with Crippen molar-refractivity contribution in [2.75, 3.05) is 0 Å². The minimum atomic E-state index is -0.0911. The van der Waals surface area contributed by atoms with Crippen molar-refractivity contribution in [3.63, 3.8) is 0 Å². The smallest absolute Gasteiger partial charge is 0.0732 e. The van der Waals surface area contributed by atoms with E-state index < -0.39 is 0 Å². The van der Waals surface area contributed by atoms with Crippen molar-refractivity contribution in [2.24, 2.45) is 12.8 Å². The number of fused-ring (bicyclic) bond motifs is 1. The SMILES string of the molecule is CC(C)c1nn(C)c2cccc(C3(N)CC3)c12. The molecule has 1 aromatic carbocycles. The number of nitrogens with zero attached hydrogens (tertiary/aromatic N) is 2. The Morgan fingerprint density at radius 3 is 2.65 bits per heavy atom. The van der Waals surface area contributed by atoms with Gasteiger partial charge in [0.25, 0.3) is 0 Å². The van der Waals surface area contributed by atoms with Crippen LogP contribution in [0.4, 0.5) is 0 Å². The molecule has 3 heteroatoms. The molecule has 3 nitrogen and oxygen atoms in total. The van der Waals surface area contributed by atoms with Crippen molar-refractivity contribution >= 4 is 10.9 Å². The fourth-order valence-corrected chi connectivity index (χ4v) is 2.57. The maximum atomic E-state index is 6.38. The third-order valence-electron chi connectivity index (χ3n) is 3.78. The summed E-state index contributed by atoms with van der Waals surface area (Å²) >= 11 is 0. The summed E-state index contributed by atoms with van der Waals surface area (Å²) in [6, 6.07) is 6.39. The fraction of sp³-hybridized carbons (Fsp3) is 0.500. The number of aryl methyl sites for hydroxylation is 1. The van der Waals surface area contributed by atoms with Crippen LogP contribution in [0, 0.1) is 0 Å². The minimum absolute atomic E-state index is 0.0911. The van der Waals surface area contributed by atoms with Crippen LogP contribution in [0.15, 0.2) is 18.2 Å². The van der Waals surface area contributed by atoms with Crippen LogP contribution < -0.4 is 5.73 Å². The van der Waals surface area contributed by atoms with Crippen molar-refractivity contribution in [1.29, 1.82) is 0 Å². The topological polar surface area (TPSA) is 43.8 Å². The van der Waals surface area contributed by atoms with Gasteiger partial charge >= 0.3 is 0 Å². The largest absolute Gasteiger partial charge is 0.321 e. The molecule has 2 aromatic rings. The van der Waals surface area contributed by atoms with Crippen molar-refractivity contribution in [2.45, 2.75) is 38.1 Å². The van der Waals surface area contributed by atoms with Gasteiger partial charge in [0.15, 0.2) is 0 Å². The lowest BCUT2D eigenvalue weighted by atomic mass is 9.96. The second kappa shape index (κ2) is 3.33. The lowest BCUT2D eigenvalue weighted by Gasteiger charge is -2.12. The van der Waals surface area contributed by atoms with E-state index in [1.54, 1.807) is 0 Å². The van der Waals surface area contributed by atoms with E-state index in [1.165, 1.54) is 22.2 Å². The van der Waals surface area contributed by atoms with E-state index in [2.05, 4.69) is 37.1 Å². The third-order valence-corrected chi connectivity index (χ3v) is 3.78. The first kappa shape index (κ1) is 10.8. The van der Waals surface area contributed by atoms with E-state index >= 15 is 0 Å². The molecule has 1 aliphatic carbocycles. The van der Waals surface area contributed by atoms with Gasteiger partial charge in [-0.25, -0.2) is 0 Å². The van der Waals surface area contributed by atoms with Crippen LogP contribution in [0.3, 0.4) is 0 Å². The maximum absolute atomic E-state index is 6.38. The highest BCUT2D eigenvalue weighted by Gasteiger charge is 2.42. The van der Waals surface area contributed by atoms with E-state index in [-0.39, 0.29) is 5.54 Å². The van der Waals surface area contributed by atoms with Crippen molar-refractivity contribution in [1.82, 2.24) is 9.78 Å². The van der Waals surface area contributed by atoms with E-state index in [0.717, 1.165) is 12.8 Å². The monoisotopic (exact) mass is 229 g/mol. The fourth-order valence-electron chi connectivity index (χ4n) is 2.57. The summed E-state index contributed by atoms with van der Waals surface area (Å²) in [6.07, 6.45) is 2.19. The van der Waals surface area contributed by atoms with E-state index in [9.17, 15) is 0 Å². The van der Waals surface area contributed by atoms with Crippen LogP contribution in [-0.2, 0) is 12.6 Å². The Labute approximate surface area is 102 Å². The average Bonchev–Trinajstić information content (AvgIpc) is 2.94. The minimum Gasteiger partial charge on any atom is -0.321 e. The second-order valence-electron chi connectivity index (χ2n) is 5.52. The zero-order valence-corrected chi connectivity index (χ0v) is 10.7. The first-order valence-electron chi connectivity index (χ1n) is 6.28. The summed E-state index contributed by atoms with van der Waals surface area (Å²) in [5, 5.41) is 5.93. The lowest BCUT2D eigenvalue weighted by molar-refractivity contribution is 0.725. The summed E-state index contributed by atoms with van der Waals surface area (Å²) < 4.78 is 1.97. The number of rotatable bonds is 2. The molecule has 0 amide bonds. The molecule has 1 saturated carbocycles. The van der Waals surface area contributed by atoms with Gasteiger partial charge < -0.3 is 5.73 Å². The predicted molar refractivity (Wildman–Crippen MR) is 69.9 cm³/mol. The molecule has 17 heavy (non-hydrogen) atoms. The Kier molecular flexibility index (Phi) is 2.11. The van der Waals surface area contributed by atoms with Crippen LogP contribution >= 0.6 is 0 Å². The van der Waals surface area contributed by atoms with Gasteiger partial charge in [-0.05, 0) is 30.4 Å². The quantitative estimate of drug-likeness (QED) is 0.860. The number of nitrogens with two attached hydrogens (primary N) is 1. The highest BCUT2D eigenvalue weighted by molar-refractivity contribution is 5.87. The summed E-state index contributed by atoms with van der Waals surface area (Å²) in [4.78, 5) is 0. The Morgan fingerprint density at radius 2 is 2.06 bits per heavy atom. The van der Waals surface area contributed by atoms with Crippen molar-refractivity contribution in [3.8, 4) is 0 Å². The molecule has 1 aliphatic rings. The summed E-state index contributed by atoms with van der Waals surface area (Å²) in [5.41, 5.74) is 9.94. The van der Waals surface area contributed by atoms with Crippen LogP contribution in [0.1, 0.15) is 43.9 Å². The Bertz CT molecular complexity index is 576. The molecule has 0 saturated heterocycles. The third kappa shape index (κ3) is 1.49. The number of aromatic nitrogens is 2. The van der Waals surface area contributed by atoms with E-state index in [1.807, 2.05) is 11.7 Å². The molecule has 0 atom stereocenters. The lowest BCUT2D eigenvalue weighted by Crippen LogP contribution is -2.19. The summed E-state index contributed by atoms with van der Waals surface area (Å²) in [6.45, 7) is 4.38. The van der Waals surface area contributed by atoms with Crippen LogP contribution in [-0.4, -0.2) is 9.78 Å². The highest BCUT2D eigenvalue weighted by Crippen LogP contribution is 2.46. The number of hydrogen-bond donors (Lipinski definition) is 1. The average molecular weight is 229 g/mol. The first-order chi connectivity index (χ1) is 8.03. The highest BCUT2D eigenvalue weighted by atomic mass is 15.3. The molecule has 0 unspecified atom stereocenters. The molecule has 0 aliphatic heterocycles. The van der Waals surface area contributed by atoms with Gasteiger partial charge in [-0.1, -0.05) is 26.0 Å². The van der Waals surface area contributed by atoms with E-state index in [0.29, 0.717) is 5.92 Å². The molecule has 1 heterocycles. The molecule has 1 fully saturated rings. The number of benzene rings is 1. The van der Waals surface area contributed by atoms with Crippen LogP contribution in [0.25, 0.3) is 10.9 Å². The Balaban J connectivity index is 2.36. The molecule has 90 valence electrons. The standard InChI is InChI=1S/C14H19N3/c1-9(2)13-12-10(14(15)7-8-14)5-4-6-11(12)17(3)16-13/h4-6,9H,7-8,15H2,1-3H3. The van der Waals surface area contributed by atoms with Gasteiger partial charge in [0.1, 0.15) is 0 Å². The molecule has 0 radical (unpaired) electrons. The Morgan fingerprint density at radius 1 is 1.35 bits per heavy atom. The summed E-state index contributed by atoms with van der Waals surface area (Å²) in [7, 11) is 2.01. The summed E-state index contributed by atoms with van der Waals surface area (Å²) in [5.74, 6) is 0.433. The molecule has 2 N–H and O–H groups in total. The molecule has 1 aromatic heterocycles. The first-order valence-corrected chi connectivity index (χ1v) is 6.28. The normalized spacial score (nSPS) is 17.9. The van der Waals surface area contributed by atoms with Crippen molar-refractivity contribution < 1.29 is 0 Å². The van der Waals surface area contributed by atoms with Gasteiger partial charge in [-0.15, -0.1) is 0 Å². The van der Waals surface area contributed by atoms with Gasteiger partial charge in [0, 0.05) is 18.0 Å². The molecular formula is C14H19N3. The van der Waals surface area contributed by atoms with Crippen molar-refractivity contribution in [3.05, 3.63) is 29.5 Å². The molecule has 0 bridgehead atoms. The molecule has 0 spiro atoms. The zero-order chi connectivity index (χ0) is 12.2. The van der Waals surface area contributed by atoms with E-state index in [4.69, 9.17) is 5.73 Å². The zero-order valence-electron chi connectivity index (χ0n) is 10.7. The van der Waals surface area contributed by atoms with Crippen LogP contribution in [0.2, 0.25) is 0 Å². The van der Waals surface area contributed by atoms with Crippen LogP contribution in [0.5, 0.6) is 0 Å². The van der Waals surface area contributed by atoms with Gasteiger partial charge in [-0.3, -0.25) is 4.68 Å². The number of hydrogen-bond acceptors (Lipinski definition) is 2. The molecular weight excluding hydrogens is 210 g/mol. The maximum Gasteiger partial charge on any atom is 0.0732 e. The molecule has 3 rings (SSSR count). The van der Waals surface area contributed by atoms with Gasteiger partial charge in [0.2, 0.25) is 0 Å². The van der Waals surface area contributed by atoms with Gasteiger partial charge in [-0.2, -0.15) is 5.10 Å². The Hall–Kier alpha value is -1.35.